The maximum absolute atomic E-state index is 14.3. The van der Waals surface area contributed by atoms with Crippen LogP contribution in [0.2, 0.25) is 5.02 Å². The zero-order valence-corrected chi connectivity index (χ0v) is 20.2. The van der Waals surface area contributed by atoms with Gasteiger partial charge in [-0.2, -0.15) is 0 Å². The highest BCUT2D eigenvalue weighted by Crippen LogP contribution is 2.47. The van der Waals surface area contributed by atoms with Crippen LogP contribution in [0, 0.1) is 17.6 Å². The number of anilines is 1. The van der Waals surface area contributed by atoms with E-state index in [-0.39, 0.29) is 18.1 Å². The van der Waals surface area contributed by atoms with E-state index in [0.717, 1.165) is 17.7 Å². The zero-order valence-electron chi connectivity index (χ0n) is 19.5. The van der Waals surface area contributed by atoms with Crippen LogP contribution in [0.25, 0.3) is 0 Å². The molecule has 0 bridgehead atoms. The number of nitrogens with one attached hydrogen (secondary N) is 1. The van der Waals surface area contributed by atoms with Crippen molar-refractivity contribution in [3.8, 4) is 0 Å². The van der Waals surface area contributed by atoms with Crippen molar-refractivity contribution in [2.75, 3.05) is 5.32 Å². The van der Waals surface area contributed by atoms with E-state index in [0.29, 0.717) is 34.0 Å². The maximum Gasteiger partial charge on any atom is 0.234 e. The zero-order chi connectivity index (χ0) is 25.4. The molecular weight excluding hydrogens is 482 g/mol. The molecule has 0 radical (unpaired) electrons. The number of allylic oxidation sites excluding steroid dienone is 2. The molecule has 2 aliphatic rings. The van der Waals surface area contributed by atoms with Gasteiger partial charge in [0.2, 0.25) is 5.91 Å². The summed E-state index contributed by atoms with van der Waals surface area (Å²) in [6.07, 6.45) is 0.848. The number of aliphatic imine (C=N–C) groups is 1. The Kier molecular flexibility index (Phi) is 6.54. The summed E-state index contributed by atoms with van der Waals surface area (Å²) in [7, 11) is 0. The number of carbonyl (C=O) groups excluding carboxylic acids is 2. The van der Waals surface area contributed by atoms with Gasteiger partial charge in [-0.1, -0.05) is 60.1 Å². The molecule has 0 fully saturated rings. The summed E-state index contributed by atoms with van der Waals surface area (Å²) in [4.78, 5) is 31.8. The summed E-state index contributed by atoms with van der Waals surface area (Å²) in [6.45, 7) is 1.71. The van der Waals surface area contributed by atoms with E-state index in [1.165, 1.54) is 6.07 Å². The fourth-order valence-corrected chi connectivity index (χ4v) is 5.33. The summed E-state index contributed by atoms with van der Waals surface area (Å²) in [6, 6.07) is 20.1. The molecule has 7 heteroatoms. The van der Waals surface area contributed by atoms with Crippen LogP contribution in [-0.2, 0) is 9.59 Å². The van der Waals surface area contributed by atoms with Gasteiger partial charge in [-0.25, -0.2) is 8.78 Å². The number of para-hydroxylation sites is 1. The minimum atomic E-state index is -0.929. The standard InChI is InChI=1S/C29H23ClF2N2O2/c1-16-25(29(36)34-28-21(31)8-5-9-22(28)32)26(18-10-12-20(30)13-11-18)27-23(33-16)14-19(15-24(27)35)17-6-3-2-4-7-17/h2-13,19,25-26H,14-15H2,1H3,(H,34,36)/t19-,25?,26-/m0/s1. The average molecular weight is 505 g/mol. The van der Waals surface area contributed by atoms with Crippen molar-refractivity contribution in [2.45, 2.75) is 31.6 Å². The van der Waals surface area contributed by atoms with Crippen LogP contribution in [0.3, 0.4) is 0 Å². The van der Waals surface area contributed by atoms with Gasteiger partial charge in [-0.15, -0.1) is 0 Å². The lowest BCUT2D eigenvalue weighted by Gasteiger charge is -2.37. The molecule has 0 spiro atoms. The van der Waals surface area contributed by atoms with Gasteiger partial charge >= 0.3 is 0 Å². The van der Waals surface area contributed by atoms with E-state index < -0.39 is 35.1 Å². The predicted octanol–water partition coefficient (Wildman–Crippen LogP) is 6.83. The van der Waals surface area contributed by atoms with Crippen LogP contribution >= 0.6 is 11.6 Å². The summed E-state index contributed by atoms with van der Waals surface area (Å²) >= 11 is 6.11. The quantitative estimate of drug-likeness (QED) is 0.423. The lowest BCUT2D eigenvalue weighted by molar-refractivity contribution is -0.119. The third-order valence-corrected chi connectivity index (χ3v) is 7.13. The van der Waals surface area contributed by atoms with Gasteiger partial charge in [-0.05, 0) is 54.7 Å². The first-order chi connectivity index (χ1) is 17.3. The van der Waals surface area contributed by atoms with E-state index >= 15 is 0 Å². The van der Waals surface area contributed by atoms with Gasteiger partial charge in [0.15, 0.2) is 5.78 Å². The van der Waals surface area contributed by atoms with Gasteiger partial charge < -0.3 is 5.32 Å². The SMILES string of the molecule is CC1=NC2=C(C(=O)C[C@@H](c3ccccc3)C2)[C@@H](c2ccc(Cl)cc2)C1C(=O)Nc1c(F)cccc1F. The molecule has 0 saturated carbocycles. The van der Waals surface area contributed by atoms with E-state index in [1.807, 2.05) is 30.3 Å². The van der Waals surface area contributed by atoms with E-state index in [4.69, 9.17) is 16.6 Å². The molecule has 1 N–H and O–H groups in total. The Morgan fingerprint density at radius 3 is 2.25 bits per heavy atom. The summed E-state index contributed by atoms with van der Waals surface area (Å²) < 4.78 is 28.6. The molecule has 1 heterocycles. The monoisotopic (exact) mass is 504 g/mol. The number of halogens is 3. The predicted molar refractivity (Wildman–Crippen MR) is 136 cm³/mol. The van der Waals surface area contributed by atoms with Crippen molar-refractivity contribution >= 4 is 34.7 Å². The van der Waals surface area contributed by atoms with Crippen LogP contribution in [0.5, 0.6) is 0 Å². The average Bonchev–Trinajstić information content (AvgIpc) is 2.86. The normalized spacial score (nSPS) is 21.6. The molecule has 1 amide bonds. The second-order valence-corrected chi connectivity index (χ2v) is 9.58. The van der Waals surface area contributed by atoms with E-state index in [2.05, 4.69) is 5.32 Å². The van der Waals surface area contributed by atoms with Gasteiger partial charge in [0.1, 0.15) is 17.3 Å². The highest BCUT2D eigenvalue weighted by atomic mass is 35.5. The Morgan fingerprint density at radius 2 is 1.58 bits per heavy atom. The van der Waals surface area contributed by atoms with Crippen LogP contribution in [0.15, 0.2) is 89.1 Å². The van der Waals surface area contributed by atoms with Gasteiger partial charge in [0.25, 0.3) is 0 Å². The van der Waals surface area contributed by atoms with Crippen molar-refractivity contribution in [3.63, 3.8) is 0 Å². The summed E-state index contributed by atoms with van der Waals surface area (Å²) in [5.41, 5.74) is 2.85. The molecule has 4 nitrogen and oxygen atoms in total. The first-order valence-corrected chi connectivity index (χ1v) is 12.1. The second-order valence-electron chi connectivity index (χ2n) is 9.15. The molecule has 0 aromatic heterocycles. The number of nitrogens with zero attached hydrogens (tertiary/aromatic N) is 1. The molecule has 1 unspecified atom stereocenters. The van der Waals surface area contributed by atoms with Crippen LogP contribution in [0.1, 0.15) is 42.7 Å². The molecule has 5 rings (SSSR count). The van der Waals surface area contributed by atoms with Crippen LogP contribution in [0.4, 0.5) is 14.5 Å². The van der Waals surface area contributed by atoms with Crippen molar-refractivity contribution in [3.05, 3.63) is 112 Å². The number of hydrogen-bond acceptors (Lipinski definition) is 3. The Labute approximate surface area is 212 Å². The van der Waals surface area contributed by atoms with Gasteiger partial charge in [0.05, 0.1) is 5.92 Å². The van der Waals surface area contributed by atoms with E-state index in [9.17, 15) is 18.4 Å². The smallest absolute Gasteiger partial charge is 0.234 e. The lowest BCUT2D eigenvalue weighted by Crippen LogP contribution is -2.40. The molecular formula is C29H23ClF2N2O2. The second kappa shape index (κ2) is 9.78. The Morgan fingerprint density at radius 1 is 0.917 bits per heavy atom. The first kappa shape index (κ1) is 24.1. The van der Waals surface area contributed by atoms with Gasteiger partial charge in [-0.3, -0.25) is 14.6 Å². The molecule has 1 aliphatic heterocycles. The topological polar surface area (TPSA) is 58.5 Å². The van der Waals surface area contributed by atoms with Crippen molar-refractivity contribution in [1.29, 1.82) is 0 Å². The van der Waals surface area contributed by atoms with Crippen LogP contribution in [-0.4, -0.2) is 17.4 Å². The third kappa shape index (κ3) is 4.49. The minimum Gasteiger partial charge on any atom is -0.321 e. The molecule has 36 heavy (non-hydrogen) atoms. The Bertz CT molecular complexity index is 1380. The maximum atomic E-state index is 14.3. The first-order valence-electron chi connectivity index (χ1n) is 11.7. The molecule has 0 saturated heterocycles. The number of hydrogen-bond donors (Lipinski definition) is 1. The number of ketones is 1. The number of rotatable bonds is 4. The number of benzene rings is 3. The fourth-order valence-electron chi connectivity index (χ4n) is 5.21. The number of amides is 1. The Hall–Kier alpha value is -3.64. The van der Waals surface area contributed by atoms with Crippen molar-refractivity contribution in [2.24, 2.45) is 10.9 Å². The van der Waals surface area contributed by atoms with E-state index in [1.54, 1.807) is 31.2 Å². The highest BCUT2D eigenvalue weighted by molar-refractivity contribution is 6.30. The summed E-state index contributed by atoms with van der Waals surface area (Å²) in [5.74, 6) is -4.08. The third-order valence-electron chi connectivity index (χ3n) is 6.88. The van der Waals surface area contributed by atoms with Crippen molar-refractivity contribution < 1.29 is 18.4 Å². The van der Waals surface area contributed by atoms with Crippen LogP contribution < -0.4 is 5.32 Å². The molecule has 3 aromatic carbocycles. The largest absolute Gasteiger partial charge is 0.321 e. The number of Topliss-reactive ketones (excluding diaryl/α,β-unsaturated/α-hetero) is 1. The molecule has 3 aromatic rings. The minimum absolute atomic E-state index is 0.0160. The summed E-state index contributed by atoms with van der Waals surface area (Å²) in [5, 5.41) is 2.92. The van der Waals surface area contributed by atoms with Crippen molar-refractivity contribution in [1.82, 2.24) is 0 Å². The molecule has 182 valence electrons. The highest BCUT2D eigenvalue weighted by Gasteiger charge is 2.44. The van der Waals surface area contributed by atoms with Gasteiger partial charge in [0, 0.05) is 34.3 Å². The Balaban J connectivity index is 1.57. The fraction of sp³-hybridized carbons (Fsp3) is 0.207. The lowest BCUT2D eigenvalue weighted by atomic mass is 9.69. The molecule has 3 atom stereocenters. The molecule has 1 aliphatic carbocycles. The number of carbonyl (C=O) groups is 2.